The molecule has 0 unspecified atom stereocenters. The number of benzene rings is 2. The number of nitro benzene ring substituents is 1. The first-order valence-electron chi connectivity index (χ1n) is 7.87. The SMILES string of the molecule is Cc1cc(C)c2c(CC(=O)Nc3ccc(C)c([N+](=O)[O-])c3)coc2c1. The van der Waals surface area contributed by atoms with Crippen molar-refractivity contribution in [3.8, 4) is 0 Å². The molecular weight excluding hydrogens is 320 g/mol. The summed E-state index contributed by atoms with van der Waals surface area (Å²) in [6, 6.07) is 8.63. The Balaban J connectivity index is 1.82. The summed E-state index contributed by atoms with van der Waals surface area (Å²) in [5, 5.41) is 14.7. The quantitative estimate of drug-likeness (QED) is 0.562. The van der Waals surface area contributed by atoms with Gasteiger partial charge in [0.05, 0.1) is 17.6 Å². The number of hydrogen-bond donors (Lipinski definition) is 1. The van der Waals surface area contributed by atoms with E-state index in [1.807, 2.05) is 26.0 Å². The van der Waals surface area contributed by atoms with Crippen LogP contribution < -0.4 is 5.32 Å². The van der Waals surface area contributed by atoms with Crippen molar-refractivity contribution in [3.63, 3.8) is 0 Å². The van der Waals surface area contributed by atoms with Gasteiger partial charge >= 0.3 is 0 Å². The first kappa shape index (κ1) is 16.7. The number of nitrogens with one attached hydrogen (secondary N) is 1. The summed E-state index contributed by atoms with van der Waals surface area (Å²) in [6.45, 7) is 5.63. The minimum absolute atomic E-state index is 0.0159. The summed E-state index contributed by atoms with van der Waals surface area (Å²) in [5.41, 5.74) is 4.65. The van der Waals surface area contributed by atoms with Gasteiger partial charge in [-0.2, -0.15) is 0 Å². The summed E-state index contributed by atoms with van der Waals surface area (Å²) >= 11 is 0. The molecule has 0 aliphatic rings. The third kappa shape index (κ3) is 3.38. The average molecular weight is 338 g/mol. The van der Waals surface area contributed by atoms with Gasteiger partial charge < -0.3 is 9.73 Å². The molecule has 25 heavy (non-hydrogen) atoms. The highest BCUT2D eigenvalue weighted by Gasteiger charge is 2.15. The van der Waals surface area contributed by atoms with E-state index in [0.717, 1.165) is 27.7 Å². The molecule has 0 saturated heterocycles. The lowest BCUT2D eigenvalue weighted by Gasteiger charge is -2.06. The second kappa shape index (κ2) is 6.39. The van der Waals surface area contributed by atoms with Crippen LogP contribution in [0.5, 0.6) is 0 Å². The van der Waals surface area contributed by atoms with Gasteiger partial charge in [0.25, 0.3) is 5.69 Å². The van der Waals surface area contributed by atoms with Gasteiger partial charge in [0.15, 0.2) is 0 Å². The Morgan fingerprint density at radius 2 is 1.92 bits per heavy atom. The fourth-order valence-electron chi connectivity index (χ4n) is 3.02. The van der Waals surface area contributed by atoms with E-state index in [1.165, 1.54) is 6.07 Å². The Kier molecular flexibility index (Phi) is 4.27. The summed E-state index contributed by atoms with van der Waals surface area (Å²) in [4.78, 5) is 22.9. The van der Waals surface area contributed by atoms with Crippen LogP contribution in [0.25, 0.3) is 11.0 Å². The first-order valence-corrected chi connectivity index (χ1v) is 7.87. The molecule has 6 nitrogen and oxygen atoms in total. The molecule has 1 heterocycles. The predicted octanol–water partition coefficient (Wildman–Crippen LogP) is 4.45. The van der Waals surface area contributed by atoms with Gasteiger partial charge in [0, 0.05) is 28.3 Å². The maximum Gasteiger partial charge on any atom is 0.274 e. The van der Waals surface area contributed by atoms with Crippen LogP contribution >= 0.6 is 0 Å². The number of furan rings is 1. The fraction of sp³-hybridized carbons (Fsp3) is 0.211. The van der Waals surface area contributed by atoms with Crippen LogP contribution in [0.2, 0.25) is 0 Å². The van der Waals surface area contributed by atoms with E-state index in [2.05, 4.69) is 5.32 Å². The summed E-state index contributed by atoms with van der Waals surface area (Å²) in [5.74, 6) is -0.249. The number of anilines is 1. The number of carbonyl (C=O) groups is 1. The van der Waals surface area contributed by atoms with E-state index >= 15 is 0 Å². The molecule has 0 aliphatic heterocycles. The fourth-order valence-corrected chi connectivity index (χ4v) is 3.02. The van der Waals surface area contributed by atoms with Gasteiger partial charge in [0.2, 0.25) is 5.91 Å². The van der Waals surface area contributed by atoms with E-state index in [1.54, 1.807) is 25.3 Å². The monoisotopic (exact) mass is 338 g/mol. The topological polar surface area (TPSA) is 85.4 Å². The number of hydrogen-bond acceptors (Lipinski definition) is 4. The van der Waals surface area contributed by atoms with Gasteiger partial charge in [-0.1, -0.05) is 12.1 Å². The van der Waals surface area contributed by atoms with Crippen LogP contribution in [0, 0.1) is 30.9 Å². The Hall–Kier alpha value is -3.15. The molecule has 3 aromatic rings. The van der Waals surface area contributed by atoms with Gasteiger partial charge in [-0.15, -0.1) is 0 Å². The number of nitrogens with zero attached hydrogens (tertiary/aromatic N) is 1. The molecule has 0 bridgehead atoms. The Bertz CT molecular complexity index is 988. The van der Waals surface area contributed by atoms with Gasteiger partial charge in [-0.25, -0.2) is 0 Å². The van der Waals surface area contributed by atoms with Crippen molar-refractivity contribution in [3.05, 3.63) is 69.0 Å². The van der Waals surface area contributed by atoms with Crippen LogP contribution in [0.4, 0.5) is 11.4 Å². The summed E-state index contributed by atoms with van der Waals surface area (Å²) < 4.78 is 5.56. The molecule has 0 radical (unpaired) electrons. The standard InChI is InChI=1S/C19H18N2O4/c1-11-6-13(3)19-14(10-25-17(19)7-11)8-18(22)20-15-5-4-12(2)16(9-15)21(23)24/h4-7,9-10H,8H2,1-3H3,(H,20,22). The smallest absolute Gasteiger partial charge is 0.274 e. The third-order valence-electron chi connectivity index (χ3n) is 4.13. The number of rotatable bonds is 4. The van der Waals surface area contributed by atoms with Crippen molar-refractivity contribution in [2.75, 3.05) is 5.32 Å². The Labute approximate surface area is 144 Å². The van der Waals surface area contributed by atoms with Gasteiger partial charge in [-0.05, 0) is 44.0 Å². The molecule has 3 rings (SSSR count). The Morgan fingerprint density at radius 3 is 2.64 bits per heavy atom. The average Bonchev–Trinajstić information content (AvgIpc) is 2.91. The van der Waals surface area contributed by atoms with Crippen molar-refractivity contribution in [2.45, 2.75) is 27.2 Å². The van der Waals surface area contributed by atoms with Crippen molar-refractivity contribution >= 4 is 28.3 Å². The van der Waals surface area contributed by atoms with Crippen molar-refractivity contribution in [1.29, 1.82) is 0 Å². The van der Waals surface area contributed by atoms with E-state index in [9.17, 15) is 14.9 Å². The minimum atomic E-state index is -0.458. The molecule has 0 saturated carbocycles. The van der Waals surface area contributed by atoms with E-state index < -0.39 is 4.92 Å². The van der Waals surface area contributed by atoms with Crippen LogP contribution in [0.1, 0.15) is 22.3 Å². The zero-order chi connectivity index (χ0) is 18.1. The molecule has 1 N–H and O–H groups in total. The molecule has 1 aromatic heterocycles. The zero-order valence-corrected chi connectivity index (χ0v) is 14.3. The Morgan fingerprint density at radius 1 is 1.16 bits per heavy atom. The zero-order valence-electron chi connectivity index (χ0n) is 14.3. The van der Waals surface area contributed by atoms with E-state index in [4.69, 9.17) is 4.42 Å². The maximum atomic E-state index is 12.3. The van der Waals surface area contributed by atoms with E-state index in [-0.39, 0.29) is 18.0 Å². The number of carbonyl (C=O) groups excluding carboxylic acids is 1. The van der Waals surface area contributed by atoms with Gasteiger partial charge in [0.1, 0.15) is 5.58 Å². The second-order valence-electron chi connectivity index (χ2n) is 6.20. The van der Waals surface area contributed by atoms with Crippen molar-refractivity contribution < 1.29 is 14.1 Å². The normalized spacial score (nSPS) is 10.8. The molecule has 1 amide bonds. The van der Waals surface area contributed by atoms with Crippen LogP contribution in [-0.4, -0.2) is 10.8 Å². The summed E-state index contributed by atoms with van der Waals surface area (Å²) in [7, 11) is 0. The lowest BCUT2D eigenvalue weighted by atomic mass is 10.0. The van der Waals surface area contributed by atoms with Crippen LogP contribution in [0.15, 0.2) is 41.0 Å². The largest absolute Gasteiger partial charge is 0.464 e. The van der Waals surface area contributed by atoms with Crippen molar-refractivity contribution in [1.82, 2.24) is 0 Å². The van der Waals surface area contributed by atoms with Crippen molar-refractivity contribution in [2.24, 2.45) is 0 Å². The lowest BCUT2D eigenvalue weighted by molar-refractivity contribution is -0.385. The van der Waals surface area contributed by atoms with Gasteiger partial charge in [-0.3, -0.25) is 14.9 Å². The molecule has 6 heteroatoms. The second-order valence-corrected chi connectivity index (χ2v) is 6.20. The first-order chi connectivity index (χ1) is 11.8. The highest BCUT2D eigenvalue weighted by molar-refractivity contribution is 5.96. The molecule has 0 atom stereocenters. The minimum Gasteiger partial charge on any atom is -0.464 e. The number of amides is 1. The van der Waals surface area contributed by atoms with Crippen LogP contribution in [-0.2, 0) is 11.2 Å². The third-order valence-corrected chi connectivity index (χ3v) is 4.13. The molecule has 128 valence electrons. The number of aryl methyl sites for hydroxylation is 3. The molecule has 0 spiro atoms. The lowest BCUT2D eigenvalue weighted by Crippen LogP contribution is -2.14. The number of nitro groups is 1. The molecule has 0 fully saturated rings. The molecule has 2 aromatic carbocycles. The maximum absolute atomic E-state index is 12.3. The predicted molar refractivity (Wildman–Crippen MR) is 95.9 cm³/mol. The van der Waals surface area contributed by atoms with Crippen LogP contribution in [0.3, 0.4) is 0 Å². The summed E-state index contributed by atoms with van der Waals surface area (Å²) in [6.07, 6.45) is 1.73. The number of fused-ring (bicyclic) bond motifs is 1. The van der Waals surface area contributed by atoms with E-state index in [0.29, 0.717) is 11.3 Å². The molecule has 0 aliphatic carbocycles. The highest BCUT2D eigenvalue weighted by Crippen LogP contribution is 2.27. The molecular formula is C19H18N2O4. The highest BCUT2D eigenvalue weighted by atomic mass is 16.6.